The number of hydrogen-bond donors (Lipinski definition) is 1. The number of ether oxygens (including phenoxy) is 1. The van der Waals surface area contributed by atoms with Crippen molar-refractivity contribution >= 4 is 27.4 Å². The van der Waals surface area contributed by atoms with Gasteiger partial charge < -0.3 is 10.1 Å². The van der Waals surface area contributed by atoms with Crippen LogP contribution in [0.3, 0.4) is 0 Å². The van der Waals surface area contributed by atoms with Gasteiger partial charge in [-0.15, -0.1) is 24.5 Å². The van der Waals surface area contributed by atoms with E-state index in [2.05, 4.69) is 39.9 Å². The highest BCUT2D eigenvalue weighted by Gasteiger charge is 2.31. The van der Waals surface area contributed by atoms with E-state index >= 15 is 0 Å². The smallest absolute Gasteiger partial charge is 0.406 e. The Morgan fingerprint density at radius 3 is 2.52 bits per heavy atom. The van der Waals surface area contributed by atoms with Crippen LogP contribution in [0.15, 0.2) is 54.6 Å². The first-order valence-corrected chi connectivity index (χ1v) is 11.6. The van der Waals surface area contributed by atoms with Crippen LogP contribution in [-0.2, 0) is 12.8 Å². The fourth-order valence-electron chi connectivity index (χ4n) is 3.61. The molecule has 0 atom stereocenters. The van der Waals surface area contributed by atoms with E-state index in [9.17, 15) is 13.2 Å². The van der Waals surface area contributed by atoms with Gasteiger partial charge in [-0.3, -0.25) is 0 Å². The SMILES string of the molecule is CCc1nc(NCCCc2ccc(-c3cccc(OC(F)(F)F)c3)cc2)c2cc(C)sc2n1. The minimum absolute atomic E-state index is 0.221. The van der Waals surface area contributed by atoms with E-state index in [1.807, 2.05) is 24.3 Å². The molecule has 172 valence electrons. The zero-order valence-corrected chi connectivity index (χ0v) is 19.2. The summed E-state index contributed by atoms with van der Waals surface area (Å²) in [6.07, 6.45) is -2.11. The molecular formula is C25H24F3N3OS. The van der Waals surface area contributed by atoms with Crippen LogP contribution in [0.1, 0.15) is 29.6 Å². The maximum absolute atomic E-state index is 12.5. The number of hydrogen-bond acceptors (Lipinski definition) is 5. The molecule has 1 N–H and O–H groups in total. The number of rotatable bonds is 8. The molecule has 0 aliphatic carbocycles. The predicted octanol–water partition coefficient (Wildman–Crippen LogP) is 7.17. The van der Waals surface area contributed by atoms with Gasteiger partial charge in [0.25, 0.3) is 0 Å². The lowest BCUT2D eigenvalue weighted by Crippen LogP contribution is -2.17. The van der Waals surface area contributed by atoms with Gasteiger partial charge in [0.1, 0.15) is 22.2 Å². The number of nitrogens with one attached hydrogen (secondary N) is 1. The summed E-state index contributed by atoms with van der Waals surface area (Å²) in [5.41, 5.74) is 2.68. The highest BCUT2D eigenvalue weighted by atomic mass is 32.1. The highest BCUT2D eigenvalue weighted by Crippen LogP contribution is 2.30. The molecule has 0 saturated heterocycles. The van der Waals surface area contributed by atoms with E-state index in [0.717, 1.165) is 58.8 Å². The molecule has 0 saturated carbocycles. The molecule has 0 radical (unpaired) electrons. The number of anilines is 1. The van der Waals surface area contributed by atoms with Crippen LogP contribution in [0.25, 0.3) is 21.3 Å². The fraction of sp³-hybridized carbons (Fsp3) is 0.280. The van der Waals surface area contributed by atoms with Crippen LogP contribution < -0.4 is 10.1 Å². The summed E-state index contributed by atoms with van der Waals surface area (Å²) in [7, 11) is 0. The van der Waals surface area contributed by atoms with Crippen molar-refractivity contribution < 1.29 is 17.9 Å². The molecule has 2 aromatic carbocycles. The second-order valence-corrected chi connectivity index (χ2v) is 8.96. The Hall–Kier alpha value is -3.13. The maximum Gasteiger partial charge on any atom is 0.573 e. The van der Waals surface area contributed by atoms with Gasteiger partial charge >= 0.3 is 6.36 Å². The summed E-state index contributed by atoms with van der Waals surface area (Å²) < 4.78 is 41.4. The summed E-state index contributed by atoms with van der Waals surface area (Å²) in [6, 6.07) is 16.0. The van der Waals surface area contributed by atoms with E-state index in [4.69, 9.17) is 0 Å². The summed E-state index contributed by atoms with van der Waals surface area (Å²) in [6.45, 7) is 4.91. The number of aryl methyl sites for hydroxylation is 3. The molecule has 0 amide bonds. The zero-order valence-electron chi connectivity index (χ0n) is 18.4. The molecular weight excluding hydrogens is 447 g/mol. The first-order valence-electron chi connectivity index (χ1n) is 10.8. The molecule has 4 rings (SSSR count). The normalized spacial score (nSPS) is 11.7. The molecule has 2 heterocycles. The van der Waals surface area contributed by atoms with Gasteiger partial charge in [-0.1, -0.05) is 43.3 Å². The van der Waals surface area contributed by atoms with Crippen molar-refractivity contribution in [3.8, 4) is 16.9 Å². The first kappa shape index (κ1) is 23.0. The minimum Gasteiger partial charge on any atom is -0.406 e. The van der Waals surface area contributed by atoms with Crippen molar-refractivity contribution in [2.24, 2.45) is 0 Å². The van der Waals surface area contributed by atoms with Gasteiger partial charge in [0.15, 0.2) is 0 Å². The van der Waals surface area contributed by atoms with Crippen LogP contribution in [0, 0.1) is 6.92 Å². The number of fused-ring (bicyclic) bond motifs is 1. The summed E-state index contributed by atoms with van der Waals surface area (Å²) in [5, 5.41) is 4.52. The Labute approximate surface area is 194 Å². The topological polar surface area (TPSA) is 47.0 Å². The average molecular weight is 472 g/mol. The van der Waals surface area contributed by atoms with Crippen molar-refractivity contribution in [2.45, 2.75) is 39.5 Å². The number of nitrogens with zero attached hydrogens (tertiary/aromatic N) is 2. The summed E-state index contributed by atoms with van der Waals surface area (Å²) >= 11 is 1.68. The Morgan fingerprint density at radius 1 is 1.00 bits per heavy atom. The average Bonchev–Trinajstić information content (AvgIpc) is 3.16. The molecule has 2 aromatic heterocycles. The Morgan fingerprint density at radius 2 is 1.79 bits per heavy atom. The Bertz CT molecular complexity index is 1240. The largest absolute Gasteiger partial charge is 0.573 e. The number of thiophene rings is 1. The Balaban J connectivity index is 1.35. The highest BCUT2D eigenvalue weighted by molar-refractivity contribution is 7.18. The lowest BCUT2D eigenvalue weighted by atomic mass is 10.0. The van der Waals surface area contributed by atoms with Crippen molar-refractivity contribution in [1.82, 2.24) is 9.97 Å². The quantitative estimate of drug-likeness (QED) is 0.277. The van der Waals surface area contributed by atoms with Gasteiger partial charge in [0, 0.05) is 17.8 Å². The van der Waals surface area contributed by atoms with Crippen LogP contribution in [-0.4, -0.2) is 22.9 Å². The predicted molar refractivity (Wildman–Crippen MR) is 127 cm³/mol. The number of benzene rings is 2. The molecule has 4 aromatic rings. The second kappa shape index (κ2) is 9.79. The van der Waals surface area contributed by atoms with Gasteiger partial charge in [0.05, 0.1) is 5.39 Å². The van der Waals surface area contributed by atoms with E-state index in [1.165, 1.54) is 17.0 Å². The molecule has 0 aliphatic rings. The van der Waals surface area contributed by atoms with Crippen LogP contribution in [0.5, 0.6) is 5.75 Å². The molecule has 0 spiro atoms. The van der Waals surface area contributed by atoms with Gasteiger partial charge in [0.2, 0.25) is 0 Å². The number of halogens is 3. The molecule has 4 nitrogen and oxygen atoms in total. The standard InChI is InChI=1S/C25H24F3N3OS/c1-3-22-30-23(21-14-16(2)33-24(21)31-22)29-13-5-6-17-9-11-18(12-10-17)19-7-4-8-20(15-19)32-25(26,27)28/h4,7-12,14-15H,3,5-6,13H2,1-2H3,(H,29,30,31). The third kappa shape index (κ3) is 6.01. The fourth-order valence-corrected chi connectivity index (χ4v) is 4.51. The molecule has 0 bridgehead atoms. The third-order valence-corrected chi connectivity index (χ3v) is 6.11. The molecule has 0 fully saturated rings. The molecule has 33 heavy (non-hydrogen) atoms. The van der Waals surface area contributed by atoms with Gasteiger partial charge in [-0.2, -0.15) is 0 Å². The lowest BCUT2D eigenvalue weighted by molar-refractivity contribution is -0.274. The van der Waals surface area contributed by atoms with Crippen LogP contribution in [0.4, 0.5) is 19.0 Å². The second-order valence-electron chi connectivity index (χ2n) is 7.72. The van der Waals surface area contributed by atoms with Crippen molar-refractivity contribution in [2.75, 3.05) is 11.9 Å². The van der Waals surface area contributed by atoms with Crippen molar-refractivity contribution in [1.29, 1.82) is 0 Å². The lowest BCUT2D eigenvalue weighted by Gasteiger charge is -2.11. The maximum atomic E-state index is 12.5. The van der Waals surface area contributed by atoms with E-state index in [1.54, 1.807) is 23.5 Å². The van der Waals surface area contributed by atoms with E-state index in [0.29, 0.717) is 5.56 Å². The zero-order chi connectivity index (χ0) is 23.4. The summed E-state index contributed by atoms with van der Waals surface area (Å²) in [5.74, 6) is 1.51. The number of aromatic nitrogens is 2. The molecule has 0 unspecified atom stereocenters. The third-order valence-electron chi connectivity index (χ3n) is 5.17. The molecule has 8 heteroatoms. The van der Waals surface area contributed by atoms with Crippen molar-refractivity contribution in [3.63, 3.8) is 0 Å². The van der Waals surface area contributed by atoms with E-state index < -0.39 is 6.36 Å². The minimum atomic E-state index is -4.70. The summed E-state index contributed by atoms with van der Waals surface area (Å²) in [4.78, 5) is 11.5. The van der Waals surface area contributed by atoms with E-state index in [-0.39, 0.29) is 5.75 Å². The van der Waals surface area contributed by atoms with Gasteiger partial charge in [-0.05, 0) is 54.7 Å². The van der Waals surface area contributed by atoms with Crippen LogP contribution in [0.2, 0.25) is 0 Å². The first-order chi connectivity index (χ1) is 15.8. The molecule has 0 aliphatic heterocycles. The monoisotopic (exact) mass is 471 g/mol. The Kier molecular flexibility index (Phi) is 6.83. The van der Waals surface area contributed by atoms with Crippen molar-refractivity contribution in [3.05, 3.63) is 70.9 Å². The number of alkyl halides is 3. The van der Waals surface area contributed by atoms with Crippen LogP contribution >= 0.6 is 11.3 Å². The van der Waals surface area contributed by atoms with Gasteiger partial charge in [-0.25, -0.2) is 9.97 Å².